The van der Waals surface area contributed by atoms with Crippen molar-refractivity contribution in [3.05, 3.63) is 35.9 Å². The maximum atomic E-state index is 13.3. The lowest BCUT2D eigenvalue weighted by Gasteiger charge is -2.28. The molecular weight excluding hydrogens is 434 g/mol. The molecule has 162 valence electrons. The maximum absolute atomic E-state index is 13.3. The van der Waals surface area contributed by atoms with Gasteiger partial charge in [0.2, 0.25) is 0 Å². The molecule has 6 atom stereocenters. The second kappa shape index (κ2) is 6.96. The smallest absolute Gasteiger partial charge is 0.367 e. The SMILES string of the molecule is O=C(OC1C2OC(=O)C3C2OC1C3C(=O)OCC(F)(F)S(=O)(=O)[O-])c1ccccc1. The molecule has 3 aliphatic heterocycles. The van der Waals surface area contributed by atoms with Crippen LogP contribution in [0.15, 0.2) is 30.3 Å². The number of benzene rings is 1. The molecule has 30 heavy (non-hydrogen) atoms. The van der Waals surface area contributed by atoms with Gasteiger partial charge in [0.05, 0.1) is 5.56 Å². The van der Waals surface area contributed by atoms with E-state index in [1.165, 1.54) is 12.1 Å². The average Bonchev–Trinajstić information content (AvgIpc) is 3.29. The molecular formula is C17H13F2O10S-. The highest BCUT2D eigenvalue weighted by Crippen LogP contribution is 2.51. The molecule has 1 aromatic rings. The summed E-state index contributed by atoms with van der Waals surface area (Å²) in [4.78, 5) is 36.8. The van der Waals surface area contributed by atoms with Crippen LogP contribution in [-0.2, 0) is 38.7 Å². The van der Waals surface area contributed by atoms with Crippen LogP contribution in [0.5, 0.6) is 0 Å². The number of carbonyl (C=O) groups is 3. The topological polar surface area (TPSA) is 145 Å². The Hall–Kier alpha value is -2.64. The summed E-state index contributed by atoms with van der Waals surface area (Å²) in [6.45, 7) is -2.02. The van der Waals surface area contributed by atoms with Crippen molar-refractivity contribution in [1.29, 1.82) is 0 Å². The summed E-state index contributed by atoms with van der Waals surface area (Å²) in [6, 6.07) is 7.78. The average molecular weight is 447 g/mol. The molecule has 0 aromatic heterocycles. The first-order valence-electron chi connectivity index (χ1n) is 8.63. The highest BCUT2D eigenvalue weighted by atomic mass is 32.2. The van der Waals surface area contributed by atoms with E-state index in [0.717, 1.165) is 0 Å². The Bertz CT molecular complexity index is 995. The van der Waals surface area contributed by atoms with Gasteiger partial charge in [-0.25, -0.2) is 13.2 Å². The van der Waals surface area contributed by atoms with Crippen molar-refractivity contribution in [2.24, 2.45) is 11.8 Å². The zero-order chi connectivity index (χ0) is 21.8. The molecule has 0 radical (unpaired) electrons. The predicted octanol–water partition coefficient (Wildman–Crippen LogP) is -0.168. The number of ether oxygens (including phenoxy) is 4. The second-order valence-corrected chi connectivity index (χ2v) is 8.46. The lowest BCUT2D eigenvalue weighted by molar-refractivity contribution is -0.160. The number of halogens is 2. The van der Waals surface area contributed by atoms with Crippen LogP contribution >= 0.6 is 0 Å². The minimum Gasteiger partial charge on any atom is -0.743 e. The number of rotatable bonds is 6. The molecule has 0 saturated carbocycles. The molecule has 6 unspecified atom stereocenters. The van der Waals surface area contributed by atoms with Gasteiger partial charge >= 0.3 is 23.2 Å². The van der Waals surface area contributed by atoms with Crippen LogP contribution in [0.25, 0.3) is 0 Å². The first kappa shape index (κ1) is 20.6. The summed E-state index contributed by atoms with van der Waals surface area (Å²) >= 11 is 0. The molecule has 13 heteroatoms. The molecule has 3 fully saturated rings. The van der Waals surface area contributed by atoms with Crippen molar-refractivity contribution in [3.8, 4) is 0 Å². The summed E-state index contributed by atoms with van der Waals surface area (Å²) in [5.74, 6) is -5.70. The van der Waals surface area contributed by atoms with Gasteiger partial charge in [0.15, 0.2) is 28.9 Å². The fraction of sp³-hybridized carbons (Fsp3) is 0.471. The Morgan fingerprint density at radius 2 is 1.80 bits per heavy atom. The molecule has 0 N–H and O–H groups in total. The van der Waals surface area contributed by atoms with Crippen LogP contribution in [0, 0.1) is 11.8 Å². The third-order valence-corrected chi connectivity index (χ3v) is 6.03. The number of esters is 3. The van der Waals surface area contributed by atoms with Crippen molar-refractivity contribution in [1.82, 2.24) is 0 Å². The first-order chi connectivity index (χ1) is 14.0. The van der Waals surface area contributed by atoms with Gasteiger partial charge < -0.3 is 23.5 Å². The van der Waals surface area contributed by atoms with E-state index in [1.54, 1.807) is 18.2 Å². The van der Waals surface area contributed by atoms with Crippen molar-refractivity contribution in [2.45, 2.75) is 29.7 Å². The van der Waals surface area contributed by atoms with Crippen molar-refractivity contribution in [2.75, 3.05) is 6.61 Å². The fourth-order valence-electron chi connectivity index (χ4n) is 3.83. The van der Waals surface area contributed by atoms with Crippen LogP contribution < -0.4 is 0 Å². The van der Waals surface area contributed by atoms with Crippen molar-refractivity contribution >= 4 is 28.0 Å². The van der Waals surface area contributed by atoms with E-state index >= 15 is 0 Å². The normalized spacial score (nSPS) is 32.0. The summed E-state index contributed by atoms with van der Waals surface area (Å²) in [6.07, 6.45) is -4.37. The quantitative estimate of drug-likeness (QED) is 0.327. The van der Waals surface area contributed by atoms with Gasteiger partial charge in [-0.2, -0.15) is 8.78 Å². The fourth-order valence-corrected chi connectivity index (χ4v) is 4.03. The largest absolute Gasteiger partial charge is 0.743 e. The van der Waals surface area contributed by atoms with E-state index < -0.39 is 76.1 Å². The number of fused-ring (bicyclic) bond motifs is 1. The monoisotopic (exact) mass is 447 g/mol. The highest BCUT2D eigenvalue weighted by molar-refractivity contribution is 7.86. The molecule has 0 aliphatic carbocycles. The molecule has 0 amide bonds. The Balaban J connectivity index is 1.51. The van der Waals surface area contributed by atoms with Gasteiger partial charge in [-0.1, -0.05) is 18.2 Å². The predicted molar refractivity (Wildman–Crippen MR) is 86.8 cm³/mol. The van der Waals surface area contributed by atoms with Crippen molar-refractivity contribution in [3.63, 3.8) is 0 Å². The van der Waals surface area contributed by atoms with Gasteiger partial charge in [-0.3, -0.25) is 9.59 Å². The van der Waals surface area contributed by atoms with Crippen molar-refractivity contribution < 1.29 is 55.1 Å². The molecule has 2 bridgehead atoms. The molecule has 10 nitrogen and oxygen atoms in total. The van der Waals surface area contributed by atoms with Crippen LogP contribution in [0.1, 0.15) is 10.4 Å². The van der Waals surface area contributed by atoms with E-state index in [2.05, 4.69) is 4.74 Å². The third kappa shape index (κ3) is 3.22. The van der Waals surface area contributed by atoms with Gasteiger partial charge in [0.25, 0.3) is 0 Å². The Labute approximate surface area is 167 Å². The Kier molecular flexibility index (Phi) is 4.78. The number of carbonyl (C=O) groups excluding carboxylic acids is 3. The summed E-state index contributed by atoms with van der Waals surface area (Å²) in [7, 11) is -6.06. The first-order valence-corrected chi connectivity index (χ1v) is 10.0. The molecule has 0 spiro atoms. The zero-order valence-corrected chi connectivity index (χ0v) is 15.6. The molecule has 1 aromatic carbocycles. The molecule has 3 heterocycles. The summed E-state index contributed by atoms with van der Waals surface area (Å²) in [5.41, 5.74) is 0.181. The van der Waals surface area contributed by atoms with Crippen LogP contribution in [0.3, 0.4) is 0 Å². The molecule has 4 rings (SSSR count). The van der Waals surface area contributed by atoms with Crippen LogP contribution in [0.2, 0.25) is 0 Å². The Morgan fingerprint density at radius 3 is 2.43 bits per heavy atom. The number of hydrogen-bond acceptors (Lipinski definition) is 10. The Morgan fingerprint density at radius 1 is 1.13 bits per heavy atom. The lowest BCUT2D eigenvalue weighted by atomic mass is 9.78. The molecule has 3 saturated heterocycles. The minimum atomic E-state index is -6.06. The van der Waals surface area contributed by atoms with E-state index in [9.17, 15) is 36.1 Å². The van der Waals surface area contributed by atoms with E-state index in [1.807, 2.05) is 0 Å². The maximum Gasteiger partial charge on any atom is 0.367 e. The highest BCUT2D eigenvalue weighted by Gasteiger charge is 2.72. The van der Waals surface area contributed by atoms with Gasteiger partial charge in [-0.15, -0.1) is 0 Å². The van der Waals surface area contributed by atoms with E-state index in [4.69, 9.17) is 14.2 Å². The molecule has 3 aliphatic rings. The lowest BCUT2D eigenvalue weighted by Crippen LogP contribution is -2.48. The second-order valence-electron chi connectivity index (χ2n) is 6.95. The standard InChI is InChI=1S/C17H14F2O10S/c18-17(19,30(23,24)25)6-26-15(21)8-9-11-13(29-16(9)22)12(10(8)27-11)28-14(20)7-4-2-1-3-5-7/h1-5,8-13H,6H2,(H,23,24,25)/p-1. The third-order valence-electron chi connectivity index (χ3n) is 5.18. The summed E-state index contributed by atoms with van der Waals surface area (Å²) < 4.78 is 78.5. The van der Waals surface area contributed by atoms with Crippen LogP contribution in [-0.4, -0.2) is 67.2 Å². The number of hydrogen-bond donors (Lipinski definition) is 0. The number of alkyl halides is 2. The van der Waals surface area contributed by atoms with E-state index in [-0.39, 0.29) is 5.56 Å². The van der Waals surface area contributed by atoms with Gasteiger partial charge in [-0.05, 0) is 12.1 Å². The van der Waals surface area contributed by atoms with E-state index in [0.29, 0.717) is 0 Å². The minimum absolute atomic E-state index is 0.181. The zero-order valence-electron chi connectivity index (χ0n) is 14.8. The van der Waals surface area contributed by atoms with Gasteiger partial charge in [0, 0.05) is 0 Å². The summed E-state index contributed by atoms with van der Waals surface area (Å²) in [5, 5.41) is -4.85. The van der Waals surface area contributed by atoms with Crippen LogP contribution in [0.4, 0.5) is 8.78 Å². The van der Waals surface area contributed by atoms with Gasteiger partial charge in [0.1, 0.15) is 24.0 Å².